The number of hydrogen-bond acceptors (Lipinski definition) is 0. The van der Waals surface area contributed by atoms with E-state index in [1.54, 1.807) is 0 Å². The first-order valence-electron chi connectivity index (χ1n) is 46.8. The topological polar surface area (TPSA) is 19.7 Å². The number of para-hydroxylation sites is 6. The highest BCUT2D eigenvalue weighted by Gasteiger charge is 2.21. The minimum Gasteiger partial charge on any atom is -0.309 e. The van der Waals surface area contributed by atoms with E-state index in [-0.39, 0.29) is 0 Å². The Bertz CT molecular complexity index is 9030. The maximum absolute atomic E-state index is 2.40. The standard InChI is InChI=1S/2C66H44N2/c1-3-16-45(17-4-1)54-26-15-29-58(42-54)68-64-33-10-8-31-60(64)62-44-56(35-37-66(62)68)53-25-14-23-51(41-53)49-21-12-19-47(39-49)46-18-11-20-48(38-46)50-22-13-24-52(40-50)55-34-36-65-61(43-55)59-30-7-9-32-63(59)67(65)57-27-5-2-6-28-57;1-3-12-45(13-4-1)54-14-11-17-58(42-54)68-64-21-10-8-19-60(64)62-44-56(39-41-66(62)68)53-36-32-51(33-37-53)49-28-24-47(25-29-49)46-22-26-48(27-23-46)50-30-34-52(35-31-50)55-38-40-65-61(43-55)59-18-7-9-20-63(59)67(65)57-15-5-2-6-16-57/h2*1-44H. The summed E-state index contributed by atoms with van der Waals surface area (Å²) in [6.45, 7) is 0. The molecule has 4 nitrogen and oxygen atoms in total. The quantitative estimate of drug-likeness (QED) is 0.0919. The summed E-state index contributed by atoms with van der Waals surface area (Å²) in [7, 11) is 0. The summed E-state index contributed by atoms with van der Waals surface area (Å²) in [6, 6.07) is 195. The molecule has 26 aromatic rings. The molecular formula is C132H88N4. The summed E-state index contributed by atoms with van der Waals surface area (Å²) >= 11 is 0. The Morgan fingerprint density at radius 3 is 0.478 bits per heavy atom. The van der Waals surface area contributed by atoms with E-state index in [0.717, 1.165) is 11.4 Å². The Labute approximate surface area is 790 Å². The highest BCUT2D eigenvalue weighted by atomic mass is 15.0. The molecule has 0 fully saturated rings. The Balaban J connectivity index is 0.000000145. The maximum Gasteiger partial charge on any atom is 0.0541 e. The smallest absolute Gasteiger partial charge is 0.0541 e. The lowest BCUT2D eigenvalue weighted by Gasteiger charge is -2.12. The lowest BCUT2D eigenvalue weighted by Crippen LogP contribution is -1.94. The van der Waals surface area contributed by atoms with Crippen LogP contribution in [0.15, 0.2) is 534 Å². The van der Waals surface area contributed by atoms with Crippen LogP contribution in [0, 0.1) is 0 Å². The molecule has 4 aromatic heterocycles. The Hall–Kier alpha value is -18.0. The minimum atomic E-state index is 1.16. The minimum absolute atomic E-state index is 1.16. The molecule has 0 aliphatic carbocycles. The Morgan fingerprint density at radius 1 is 0.0809 bits per heavy atom. The van der Waals surface area contributed by atoms with E-state index < -0.39 is 0 Å². The normalized spacial score (nSPS) is 11.5. The van der Waals surface area contributed by atoms with Gasteiger partial charge < -0.3 is 18.3 Å². The van der Waals surface area contributed by atoms with Crippen LogP contribution in [-0.2, 0) is 0 Å². The van der Waals surface area contributed by atoms with Crippen molar-refractivity contribution in [3.63, 3.8) is 0 Å². The van der Waals surface area contributed by atoms with Gasteiger partial charge in [0.15, 0.2) is 0 Å². The van der Waals surface area contributed by atoms with E-state index in [4.69, 9.17) is 0 Å². The van der Waals surface area contributed by atoms with Crippen LogP contribution in [0.25, 0.3) is 243 Å². The number of benzene rings is 22. The molecule has 0 amide bonds. The summed E-state index contributed by atoms with van der Waals surface area (Å²) in [5.74, 6) is 0. The summed E-state index contributed by atoms with van der Waals surface area (Å²) in [4.78, 5) is 0. The lowest BCUT2D eigenvalue weighted by atomic mass is 9.93. The number of nitrogens with zero attached hydrogens (tertiary/aromatic N) is 4. The van der Waals surface area contributed by atoms with Gasteiger partial charge in [0.1, 0.15) is 0 Å². The second kappa shape index (κ2) is 34.4. The van der Waals surface area contributed by atoms with E-state index in [9.17, 15) is 0 Å². The molecule has 0 bridgehead atoms. The van der Waals surface area contributed by atoms with Gasteiger partial charge in [-0.05, 0) is 279 Å². The van der Waals surface area contributed by atoms with E-state index in [1.807, 2.05) is 0 Å². The number of hydrogen-bond donors (Lipinski definition) is 0. The van der Waals surface area contributed by atoms with Crippen molar-refractivity contribution in [1.29, 1.82) is 0 Å². The van der Waals surface area contributed by atoms with Gasteiger partial charge in [0.25, 0.3) is 0 Å². The predicted octanol–water partition coefficient (Wildman–Crippen LogP) is 35.8. The van der Waals surface area contributed by atoms with Gasteiger partial charge in [0.2, 0.25) is 0 Å². The first-order valence-corrected chi connectivity index (χ1v) is 46.8. The van der Waals surface area contributed by atoms with Crippen LogP contribution in [0.2, 0.25) is 0 Å². The SMILES string of the molecule is c1ccc(-c2cccc(-n3c4ccccc4c4cc(-c5ccc(-c6ccc(-c7ccc(-c8ccc(-c9ccc%10c(c9)c9ccccc9n%10-c9ccccc9)cc8)cc7)cc6)cc5)ccc43)c2)cc1.c1ccc(-c2cccc(-n3c4ccccc4c4cc(-c5cccc(-c6cccc(-c7cccc(-c8cccc(-c9ccc%10c(c9)c9ccccc9n%10-c9ccccc9)c8)c7)c6)c5)ccc43)c2)cc1. The van der Waals surface area contributed by atoms with Crippen molar-refractivity contribution in [2.75, 3.05) is 0 Å². The molecule has 0 atom stereocenters. The zero-order chi connectivity index (χ0) is 89.9. The molecule has 0 aliphatic rings. The van der Waals surface area contributed by atoms with Crippen molar-refractivity contribution in [3.05, 3.63) is 534 Å². The molecule has 636 valence electrons. The van der Waals surface area contributed by atoms with Crippen molar-refractivity contribution in [2.24, 2.45) is 0 Å². The van der Waals surface area contributed by atoms with Crippen LogP contribution in [-0.4, -0.2) is 18.3 Å². The second-order valence-electron chi connectivity index (χ2n) is 35.5. The van der Waals surface area contributed by atoms with Gasteiger partial charge in [0.05, 0.1) is 44.1 Å². The molecule has 0 N–H and O–H groups in total. The van der Waals surface area contributed by atoms with Crippen LogP contribution < -0.4 is 0 Å². The first-order chi connectivity index (χ1) is 67.4. The fraction of sp³-hybridized carbons (Fsp3) is 0. The summed E-state index contributed by atoms with van der Waals surface area (Å²) in [5.41, 5.74) is 43.2. The Kier molecular flexibility index (Phi) is 20.3. The van der Waals surface area contributed by atoms with Gasteiger partial charge in [-0.3, -0.25) is 0 Å². The molecule has 0 unspecified atom stereocenters. The average Bonchev–Trinajstić information content (AvgIpc) is 1.60. The number of rotatable bonds is 16. The van der Waals surface area contributed by atoms with Crippen molar-refractivity contribution in [2.45, 2.75) is 0 Å². The predicted molar refractivity (Wildman–Crippen MR) is 575 cm³/mol. The highest BCUT2D eigenvalue weighted by molar-refractivity contribution is 6.14. The van der Waals surface area contributed by atoms with Crippen LogP contribution in [0.4, 0.5) is 0 Å². The third-order valence-electron chi connectivity index (χ3n) is 27.5. The number of fused-ring (bicyclic) bond motifs is 12. The van der Waals surface area contributed by atoms with Crippen molar-refractivity contribution >= 4 is 87.2 Å². The maximum atomic E-state index is 2.40. The zero-order valence-electron chi connectivity index (χ0n) is 74.6. The van der Waals surface area contributed by atoms with Gasteiger partial charge in [-0.15, -0.1) is 0 Å². The van der Waals surface area contributed by atoms with Crippen molar-refractivity contribution < 1.29 is 0 Å². The van der Waals surface area contributed by atoms with Crippen LogP contribution in [0.3, 0.4) is 0 Å². The van der Waals surface area contributed by atoms with Gasteiger partial charge in [-0.1, -0.05) is 388 Å². The van der Waals surface area contributed by atoms with E-state index >= 15 is 0 Å². The molecule has 0 radical (unpaired) electrons. The average molecular weight is 1730 g/mol. The van der Waals surface area contributed by atoms with Crippen LogP contribution >= 0.6 is 0 Å². The molecule has 0 aliphatic heterocycles. The molecule has 0 saturated carbocycles. The zero-order valence-corrected chi connectivity index (χ0v) is 74.6. The van der Waals surface area contributed by atoms with E-state index in [1.165, 1.54) is 232 Å². The van der Waals surface area contributed by atoms with Crippen LogP contribution in [0.5, 0.6) is 0 Å². The first kappa shape index (κ1) is 80.1. The molecule has 26 rings (SSSR count). The third kappa shape index (κ3) is 14.8. The van der Waals surface area contributed by atoms with Gasteiger partial charge in [-0.25, -0.2) is 0 Å². The molecule has 0 saturated heterocycles. The molecule has 4 heterocycles. The van der Waals surface area contributed by atoms with Crippen molar-refractivity contribution in [1.82, 2.24) is 18.3 Å². The highest BCUT2D eigenvalue weighted by Crippen LogP contribution is 2.44. The Morgan fingerprint density at radius 2 is 0.228 bits per heavy atom. The monoisotopic (exact) mass is 1730 g/mol. The van der Waals surface area contributed by atoms with E-state index in [0.29, 0.717) is 0 Å². The summed E-state index contributed by atoms with van der Waals surface area (Å²) in [6.07, 6.45) is 0. The molecule has 22 aromatic carbocycles. The van der Waals surface area contributed by atoms with Gasteiger partial charge >= 0.3 is 0 Å². The van der Waals surface area contributed by atoms with Crippen molar-refractivity contribution in [3.8, 4) is 156 Å². The largest absolute Gasteiger partial charge is 0.309 e. The fourth-order valence-electron chi connectivity index (χ4n) is 20.7. The summed E-state index contributed by atoms with van der Waals surface area (Å²) in [5, 5.41) is 10.0. The van der Waals surface area contributed by atoms with Gasteiger partial charge in [0, 0.05) is 65.8 Å². The second-order valence-corrected chi connectivity index (χ2v) is 35.5. The van der Waals surface area contributed by atoms with Gasteiger partial charge in [-0.2, -0.15) is 0 Å². The van der Waals surface area contributed by atoms with Crippen LogP contribution in [0.1, 0.15) is 0 Å². The molecule has 4 heteroatoms. The van der Waals surface area contributed by atoms with E-state index in [2.05, 4.69) is 552 Å². The molecule has 136 heavy (non-hydrogen) atoms. The lowest BCUT2D eigenvalue weighted by molar-refractivity contribution is 1.18. The molecule has 0 spiro atoms. The molecular weight excluding hydrogens is 1640 g/mol. The third-order valence-corrected chi connectivity index (χ3v) is 27.5. The number of aromatic nitrogens is 4. The fourth-order valence-corrected chi connectivity index (χ4v) is 20.7. The summed E-state index contributed by atoms with van der Waals surface area (Å²) < 4.78 is 9.54.